The third kappa shape index (κ3) is 4.40. The zero-order valence-electron chi connectivity index (χ0n) is 14.2. The number of carbonyl (C=O) groups is 2. The Morgan fingerprint density at radius 1 is 0.889 bits per heavy atom. The van der Waals surface area contributed by atoms with E-state index in [9.17, 15) is 35.9 Å². The first-order valence-electron chi connectivity index (χ1n) is 7.75. The number of alkyl halides is 6. The van der Waals surface area contributed by atoms with Gasteiger partial charge in [-0.15, -0.1) is 0 Å². The molecule has 0 radical (unpaired) electrons. The minimum absolute atomic E-state index is 0.0747. The molecule has 0 aliphatic heterocycles. The summed E-state index contributed by atoms with van der Waals surface area (Å²) >= 11 is 0. The SMILES string of the molecule is CC(C)COc1c(C(=O)C(F)(F)F)cc(C(=O)C(F)(F)F)c2ccccc12. The molecule has 3 nitrogen and oxygen atoms in total. The Bertz CT molecular complexity index is 881. The molecule has 0 heterocycles. The average molecular weight is 392 g/mol. The van der Waals surface area contributed by atoms with Crippen molar-refractivity contribution in [2.24, 2.45) is 5.92 Å². The highest BCUT2D eigenvalue weighted by Gasteiger charge is 2.44. The lowest BCUT2D eigenvalue weighted by Gasteiger charge is -2.18. The third-order valence-corrected chi connectivity index (χ3v) is 3.56. The molecule has 0 aliphatic rings. The van der Waals surface area contributed by atoms with E-state index in [2.05, 4.69) is 0 Å². The predicted molar refractivity (Wildman–Crippen MR) is 85.1 cm³/mol. The normalized spacial score (nSPS) is 12.5. The Balaban J connectivity index is 2.85. The number of rotatable bonds is 5. The van der Waals surface area contributed by atoms with Crippen LogP contribution in [-0.4, -0.2) is 30.5 Å². The summed E-state index contributed by atoms with van der Waals surface area (Å²) in [7, 11) is 0. The Hall–Kier alpha value is -2.58. The predicted octanol–water partition coefficient (Wildman–Crippen LogP) is 5.36. The van der Waals surface area contributed by atoms with Crippen LogP contribution < -0.4 is 4.74 Å². The second-order valence-electron chi connectivity index (χ2n) is 6.21. The number of fused-ring (bicyclic) bond motifs is 1. The lowest BCUT2D eigenvalue weighted by Crippen LogP contribution is -2.26. The molecule has 0 saturated carbocycles. The zero-order valence-corrected chi connectivity index (χ0v) is 14.2. The van der Waals surface area contributed by atoms with Crippen LogP contribution in [0.4, 0.5) is 26.3 Å². The highest BCUT2D eigenvalue weighted by atomic mass is 19.4. The topological polar surface area (TPSA) is 43.4 Å². The van der Waals surface area contributed by atoms with Crippen molar-refractivity contribution < 1.29 is 40.7 Å². The minimum atomic E-state index is -5.35. The van der Waals surface area contributed by atoms with Crippen LogP contribution in [0.15, 0.2) is 30.3 Å². The van der Waals surface area contributed by atoms with Gasteiger partial charge in [-0.05, 0) is 17.4 Å². The molecule has 0 saturated heterocycles. The summed E-state index contributed by atoms with van der Waals surface area (Å²) < 4.78 is 82.9. The highest BCUT2D eigenvalue weighted by molar-refractivity contribution is 6.16. The van der Waals surface area contributed by atoms with Crippen LogP contribution in [0.2, 0.25) is 0 Å². The number of benzene rings is 2. The van der Waals surface area contributed by atoms with E-state index < -0.39 is 40.8 Å². The van der Waals surface area contributed by atoms with Gasteiger partial charge in [0.1, 0.15) is 5.75 Å². The maximum Gasteiger partial charge on any atom is 0.455 e. The second-order valence-corrected chi connectivity index (χ2v) is 6.21. The minimum Gasteiger partial charge on any atom is -0.492 e. The number of carbonyl (C=O) groups excluding carboxylic acids is 2. The van der Waals surface area contributed by atoms with Gasteiger partial charge in [0.2, 0.25) is 0 Å². The third-order valence-electron chi connectivity index (χ3n) is 3.56. The summed E-state index contributed by atoms with van der Waals surface area (Å²) in [5.74, 6) is -5.36. The fraction of sp³-hybridized carbons (Fsp3) is 0.333. The van der Waals surface area contributed by atoms with Crippen LogP contribution >= 0.6 is 0 Å². The van der Waals surface area contributed by atoms with Gasteiger partial charge in [-0.3, -0.25) is 9.59 Å². The van der Waals surface area contributed by atoms with E-state index in [0.717, 1.165) is 6.07 Å². The fourth-order valence-corrected chi connectivity index (χ4v) is 2.42. The van der Waals surface area contributed by atoms with Crippen LogP contribution in [-0.2, 0) is 0 Å². The molecule has 0 fully saturated rings. The van der Waals surface area contributed by atoms with Crippen LogP contribution in [0.1, 0.15) is 34.6 Å². The fourth-order valence-electron chi connectivity index (χ4n) is 2.42. The van der Waals surface area contributed by atoms with Crippen LogP contribution in [0.5, 0.6) is 5.75 Å². The van der Waals surface area contributed by atoms with Crippen molar-refractivity contribution in [2.75, 3.05) is 6.61 Å². The molecule has 2 rings (SSSR count). The first kappa shape index (κ1) is 20.7. The smallest absolute Gasteiger partial charge is 0.455 e. The lowest BCUT2D eigenvalue weighted by atomic mass is 9.94. The van der Waals surface area contributed by atoms with Crippen molar-refractivity contribution in [2.45, 2.75) is 26.2 Å². The first-order chi connectivity index (χ1) is 12.3. The Morgan fingerprint density at radius 2 is 1.37 bits per heavy atom. The summed E-state index contributed by atoms with van der Waals surface area (Å²) in [6.07, 6.45) is -10.7. The zero-order chi connectivity index (χ0) is 20.6. The first-order valence-corrected chi connectivity index (χ1v) is 7.75. The van der Waals surface area contributed by atoms with E-state index in [1.807, 2.05) is 0 Å². The standard InChI is InChI=1S/C18H14F6O3/c1-9(2)8-27-14-11-6-4-3-5-10(11)12(15(25)17(19,20)21)7-13(14)16(26)18(22,23)24/h3-7,9H,8H2,1-2H3. The average Bonchev–Trinajstić information content (AvgIpc) is 2.56. The summed E-state index contributed by atoms with van der Waals surface area (Å²) in [6.45, 7) is 3.33. The number of ether oxygens (including phenoxy) is 1. The maximum atomic E-state index is 13.0. The van der Waals surface area contributed by atoms with Crippen molar-refractivity contribution in [1.29, 1.82) is 0 Å². The van der Waals surface area contributed by atoms with Gasteiger partial charge >= 0.3 is 12.4 Å². The van der Waals surface area contributed by atoms with Crippen LogP contribution in [0, 0.1) is 5.92 Å². The molecule has 0 aliphatic carbocycles. The molecule has 0 spiro atoms. The summed E-state index contributed by atoms with van der Waals surface area (Å²) in [5.41, 5.74) is -2.17. The molecule has 27 heavy (non-hydrogen) atoms. The number of Topliss-reactive ketones (excluding diaryl/α,β-unsaturated/α-hetero) is 2. The van der Waals surface area contributed by atoms with E-state index in [1.54, 1.807) is 13.8 Å². The van der Waals surface area contributed by atoms with E-state index >= 15 is 0 Å². The van der Waals surface area contributed by atoms with Crippen molar-refractivity contribution in [1.82, 2.24) is 0 Å². The molecule has 9 heteroatoms. The summed E-state index contributed by atoms with van der Waals surface area (Å²) in [4.78, 5) is 23.5. The Kier molecular flexibility index (Phi) is 5.53. The van der Waals surface area contributed by atoms with Crippen LogP contribution in [0.25, 0.3) is 10.8 Å². The van der Waals surface area contributed by atoms with Gasteiger partial charge in [-0.25, -0.2) is 0 Å². The molecule has 0 bridgehead atoms. The quantitative estimate of drug-likeness (QED) is 0.508. The number of hydrogen-bond acceptors (Lipinski definition) is 3. The van der Waals surface area contributed by atoms with Crippen molar-refractivity contribution in [3.05, 3.63) is 41.5 Å². The summed E-state index contributed by atoms with van der Waals surface area (Å²) in [6, 6.07) is 5.34. The van der Waals surface area contributed by atoms with Gasteiger partial charge in [0.15, 0.2) is 0 Å². The molecular formula is C18H14F6O3. The van der Waals surface area contributed by atoms with Gasteiger partial charge in [0.05, 0.1) is 12.2 Å². The van der Waals surface area contributed by atoms with Gasteiger partial charge in [0.25, 0.3) is 11.6 Å². The number of halogens is 6. The molecule has 2 aromatic rings. The van der Waals surface area contributed by atoms with E-state index in [4.69, 9.17) is 4.74 Å². The van der Waals surface area contributed by atoms with E-state index in [0.29, 0.717) is 6.07 Å². The van der Waals surface area contributed by atoms with Gasteiger partial charge in [-0.2, -0.15) is 26.3 Å². The van der Waals surface area contributed by atoms with Gasteiger partial charge in [0, 0.05) is 10.9 Å². The van der Waals surface area contributed by atoms with Crippen molar-refractivity contribution in [3.8, 4) is 5.75 Å². The van der Waals surface area contributed by atoms with E-state index in [-0.39, 0.29) is 23.3 Å². The Labute approximate surface area is 149 Å². The molecular weight excluding hydrogens is 378 g/mol. The van der Waals surface area contributed by atoms with Crippen molar-refractivity contribution >= 4 is 22.3 Å². The summed E-state index contributed by atoms with van der Waals surface area (Å²) in [5, 5.41) is -0.432. The van der Waals surface area contributed by atoms with Gasteiger partial charge in [-0.1, -0.05) is 38.1 Å². The van der Waals surface area contributed by atoms with Crippen LogP contribution in [0.3, 0.4) is 0 Å². The van der Waals surface area contributed by atoms with E-state index in [1.165, 1.54) is 18.2 Å². The molecule has 2 aromatic carbocycles. The number of ketones is 2. The maximum absolute atomic E-state index is 13.0. The Morgan fingerprint density at radius 3 is 1.85 bits per heavy atom. The molecule has 0 atom stereocenters. The largest absolute Gasteiger partial charge is 0.492 e. The molecule has 0 N–H and O–H groups in total. The molecule has 146 valence electrons. The van der Waals surface area contributed by atoms with Gasteiger partial charge < -0.3 is 4.74 Å². The second kappa shape index (κ2) is 7.21. The monoisotopic (exact) mass is 392 g/mol. The molecule has 0 unspecified atom stereocenters. The molecule has 0 amide bonds. The number of hydrogen-bond donors (Lipinski definition) is 0. The molecule has 0 aromatic heterocycles. The lowest BCUT2D eigenvalue weighted by molar-refractivity contribution is -0.0888. The van der Waals surface area contributed by atoms with Crippen molar-refractivity contribution in [3.63, 3.8) is 0 Å². The highest BCUT2D eigenvalue weighted by Crippen LogP contribution is 2.38.